The van der Waals surface area contributed by atoms with Crippen LogP contribution in [0.25, 0.3) is 0 Å². The van der Waals surface area contributed by atoms with Gasteiger partial charge in [-0.2, -0.15) is 0 Å². The first-order valence-corrected chi connectivity index (χ1v) is 13.2. The van der Waals surface area contributed by atoms with Crippen molar-refractivity contribution in [2.75, 3.05) is 32.8 Å². The SMILES string of the molecule is CC.NC(=O)c1ccc(C(CCNC(=O)c2ccc(OCCN3CCCC3)nc2)c2ccc(F)cc2)cc1. The highest BCUT2D eigenvalue weighted by atomic mass is 19.1. The molecule has 0 aliphatic carbocycles. The molecule has 1 atom stereocenters. The number of amides is 2. The van der Waals surface area contributed by atoms with E-state index in [4.69, 9.17) is 10.5 Å². The van der Waals surface area contributed by atoms with Crippen LogP contribution >= 0.6 is 0 Å². The monoisotopic (exact) mass is 520 g/mol. The number of aromatic nitrogens is 1. The van der Waals surface area contributed by atoms with Gasteiger partial charge in [-0.15, -0.1) is 0 Å². The van der Waals surface area contributed by atoms with E-state index in [0.717, 1.165) is 30.8 Å². The number of carbonyl (C=O) groups excluding carboxylic acids is 2. The first-order valence-electron chi connectivity index (χ1n) is 13.2. The van der Waals surface area contributed by atoms with Gasteiger partial charge in [0.05, 0.1) is 5.56 Å². The number of nitrogens with one attached hydrogen (secondary N) is 1. The van der Waals surface area contributed by atoms with Crippen LogP contribution in [0, 0.1) is 5.82 Å². The van der Waals surface area contributed by atoms with Crippen LogP contribution in [0.1, 0.15) is 70.9 Å². The maximum atomic E-state index is 13.5. The van der Waals surface area contributed by atoms with E-state index in [1.54, 1.807) is 36.4 Å². The molecule has 1 saturated heterocycles. The first kappa shape index (κ1) is 28.8. The zero-order chi connectivity index (χ0) is 27.3. The van der Waals surface area contributed by atoms with Gasteiger partial charge in [0.25, 0.3) is 5.91 Å². The van der Waals surface area contributed by atoms with Crippen LogP contribution in [0.3, 0.4) is 0 Å². The largest absolute Gasteiger partial charge is 0.476 e. The average molecular weight is 521 g/mol. The summed E-state index contributed by atoms with van der Waals surface area (Å²) in [5, 5.41) is 2.94. The minimum absolute atomic E-state index is 0.0997. The van der Waals surface area contributed by atoms with Crippen LogP contribution < -0.4 is 15.8 Å². The predicted molar refractivity (Wildman–Crippen MR) is 147 cm³/mol. The molecule has 8 heteroatoms. The number of hydrogen-bond acceptors (Lipinski definition) is 5. The molecule has 38 heavy (non-hydrogen) atoms. The molecular formula is C30H37FN4O3. The van der Waals surface area contributed by atoms with Crippen LogP contribution in [0.5, 0.6) is 5.88 Å². The van der Waals surface area contributed by atoms with Gasteiger partial charge < -0.3 is 15.8 Å². The maximum Gasteiger partial charge on any atom is 0.252 e. The molecule has 2 aromatic carbocycles. The second kappa shape index (κ2) is 14.8. The van der Waals surface area contributed by atoms with E-state index in [1.165, 1.54) is 31.2 Å². The van der Waals surface area contributed by atoms with Crippen molar-refractivity contribution in [2.24, 2.45) is 5.73 Å². The van der Waals surface area contributed by atoms with Gasteiger partial charge in [0.15, 0.2) is 0 Å². The lowest BCUT2D eigenvalue weighted by molar-refractivity contribution is 0.0950. The molecule has 1 aromatic heterocycles. The van der Waals surface area contributed by atoms with E-state index in [1.807, 2.05) is 26.0 Å². The molecule has 0 spiro atoms. The molecule has 4 rings (SSSR count). The summed E-state index contributed by atoms with van der Waals surface area (Å²) in [5.74, 6) is -0.637. The second-order valence-electron chi connectivity index (χ2n) is 8.92. The van der Waals surface area contributed by atoms with Crippen molar-refractivity contribution in [1.29, 1.82) is 0 Å². The number of hydrogen-bond donors (Lipinski definition) is 2. The zero-order valence-corrected chi connectivity index (χ0v) is 22.2. The van der Waals surface area contributed by atoms with Gasteiger partial charge in [-0.3, -0.25) is 14.5 Å². The number of halogens is 1. The lowest BCUT2D eigenvalue weighted by Gasteiger charge is -2.19. The number of pyridine rings is 1. The summed E-state index contributed by atoms with van der Waals surface area (Å²) in [5.41, 5.74) is 8.07. The Morgan fingerprint density at radius 3 is 2.16 bits per heavy atom. The Kier molecular flexibility index (Phi) is 11.2. The Hall–Kier alpha value is -3.78. The third kappa shape index (κ3) is 8.38. The van der Waals surface area contributed by atoms with Crippen molar-refractivity contribution in [2.45, 2.75) is 39.0 Å². The summed E-state index contributed by atoms with van der Waals surface area (Å²) in [6.45, 7) is 8.09. The second-order valence-corrected chi connectivity index (χ2v) is 8.92. The highest BCUT2D eigenvalue weighted by Crippen LogP contribution is 2.28. The molecule has 2 amide bonds. The third-order valence-corrected chi connectivity index (χ3v) is 6.44. The van der Waals surface area contributed by atoms with Crippen LogP contribution in [0.4, 0.5) is 4.39 Å². The number of ether oxygens (including phenoxy) is 1. The normalized spacial score (nSPS) is 13.8. The van der Waals surface area contributed by atoms with Crippen molar-refractivity contribution in [1.82, 2.24) is 15.2 Å². The summed E-state index contributed by atoms with van der Waals surface area (Å²) >= 11 is 0. The Morgan fingerprint density at radius 1 is 0.974 bits per heavy atom. The predicted octanol–water partition coefficient (Wildman–Crippen LogP) is 4.77. The molecule has 1 fully saturated rings. The van der Waals surface area contributed by atoms with Crippen molar-refractivity contribution < 1.29 is 18.7 Å². The number of primary amides is 1. The Morgan fingerprint density at radius 2 is 1.58 bits per heavy atom. The van der Waals surface area contributed by atoms with Gasteiger partial charge in [0.1, 0.15) is 12.4 Å². The van der Waals surface area contributed by atoms with Crippen LogP contribution in [-0.2, 0) is 0 Å². The number of rotatable bonds is 11. The van der Waals surface area contributed by atoms with Gasteiger partial charge >= 0.3 is 0 Å². The smallest absolute Gasteiger partial charge is 0.252 e. The van der Waals surface area contributed by atoms with Gasteiger partial charge in [-0.25, -0.2) is 9.37 Å². The van der Waals surface area contributed by atoms with E-state index in [9.17, 15) is 14.0 Å². The number of nitrogens with zero attached hydrogens (tertiary/aromatic N) is 2. The molecule has 1 aliphatic heterocycles. The molecule has 1 unspecified atom stereocenters. The number of benzene rings is 2. The van der Waals surface area contributed by atoms with Crippen molar-refractivity contribution in [3.63, 3.8) is 0 Å². The molecule has 202 valence electrons. The van der Waals surface area contributed by atoms with Crippen molar-refractivity contribution >= 4 is 11.8 Å². The fourth-order valence-corrected chi connectivity index (χ4v) is 4.42. The molecule has 1 aliphatic rings. The maximum absolute atomic E-state index is 13.5. The quantitative estimate of drug-likeness (QED) is 0.380. The molecule has 2 heterocycles. The molecule has 0 radical (unpaired) electrons. The Bertz CT molecular complexity index is 1150. The van der Waals surface area contributed by atoms with Crippen molar-refractivity contribution in [3.8, 4) is 5.88 Å². The first-order chi connectivity index (χ1) is 18.5. The molecule has 0 saturated carbocycles. The van der Waals surface area contributed by atoms with E-state index >= 15 is 0 Å². The number of carbonyl (C=O) groups is 2. The fourth-order valence-electron chi connectivity index (χ4n) is 4.42. The van der Waals surface area contributed by atoms with Crippen LogP contribution in [0.2, 0.25) is 0 Å². The summed E-state index contributed by atoms with van der Waals surface area (Å²) in [6, 6.07) is 16.7. The standard InChI is InChI=1S/C28H31FN4O3.C2H6/c29-24-10-7-21(8-11-24)25(20-3-5-22(6-4-20)27(30)34)13-14-31-28(35)23-9-12-26(32-19-23)36-18-17-33-15-1-2-16-33;1-2/h3-12,19,25H,1-2,13-18H2,(H2,30,34)(H,31,35);1-2H3. The molecular weight excluding hydrogens is 483 g/mol. The summed E-state index contributed by atoms with van der Waals surface area (Å²) in [7, 11) is 0. The van der Waals surface area contributed by atoms with Gasteiger partial charge in [0, 0.05) is 36.8 Å². The average Bonchev–Trinajstić information content (AvgIpc) is 3.47. The van der Waals surface area contributed by atoms with E-state index < -0.39 is 5.91 Å². The minimum atomic E-state index is -0.497. The van der Waals surface area contributed by atoms with Crippen LogP contribution in [-0.4, -0.2) is 54.5 Å². The highest BCUT2D eigenvalue weighted by Gasteiger charge is 2.16. The lowest BCUT2D eigenvalue weighted by Crippen LogP contribution is -2.26. The van der Waals surface area contributed by atoms with E-state index in [0.29, 0.717) is 36.6 Å². The van der Waals surface area contributed by atoms with E-state index in [-0.39, 0.29) is 17.6 Å². The third-order valence-electron chi connectivity index (χ3n) is 6.44. The fraction of sp³-hybridized carbons (Fsp3) is 0.367. The number of likely N-dealkylation sites (tertiary alicyclic amines) is 1. The number of nitrogens with two attached hydrogens (primary N) is 1. The van der Waals surface area contributed by atoms with E-state index in [2.05, 4.69) is 15.2 Å². The molecule has 0 bridgehead atoms. The van der Waals surface area contributed by atoms with Gasteiger partial charge in [0.2, 0.25) is 11.8 Å². The zero-order valence-electron chi connectivity index (χ0n) is 22.2. The summed E-state index contributed by atoms with van der Waals surface area (Å²) < 4.78 is 19.2. The lowest BCUT2D eigenvalue weighted by atomic mass is 9.88. The van der Waals surface area contributed by atoms with Crippen LogP contribution in [0.15, 0.2) is 66.9 Å². The van der Waals surface area contributed by atoms with Gasteiger partial charge in [-0.1, -0.05) is 38.1 Å². The Balaban J connectivity index is 0.00000195. The van der Waals surface area contributed by atoms with Crippen molar-refractivity contribution in [3.05, 3.63) is 94.9 Å². The summed E-state index contributed by atoms with van der Waals surface area (Å²) in [6.07, 6.45) is 4.58. The minimum Gasteiger partial charge on any atom is -0.476 e. The Labute approximate surface area is 224 Å². The molecule has 3 N–H and O–H groups in total. The topological polar surface area (TPSA) is 97.5 Å². The van der Waals surface area contributed by atoms with Gasteiger partial charge in [-0.05, 0) is 73.8 Å². The molecule has 3 aromatic rings. The summed E-state index contributed by atoms with van der Waals surface area (Å²) in [4.78, 5) is 30.7. The molecule has 7 nitrogen and oxygen atoms in total. The highest BCUT2D eigenvalue weighted by molar-refractivity contribution is 5.94.